The minimum Gasteiger partial charge on any atom is -0.309 e. The predicted molar refractivity (Wildman–Crippen MR) is 63.0 cm³/mol. The molecule has 0 saturated carbocycles. The summed E-state index contributed by atoms with van der Waals surface area (Å²) in [5, 5.41) is 0. The number of amides is 1. The van der Waals surface area contributed by atoms with Crippen LogP contribution in [-0.2, 0) is 4.79 Å². The van der Waals surface area contributed by atoms with Crippen LogP contribution >= 0.6 is 0 Å². The lowest BCUT2D eigenvalue weighted by Gasteiger charge is -2.18. The maximum atomic E-state index is 11.8. The molecule has 3 nitrogen and oxygen atoms in total. The number of rotatable bonds is 1. The van der Waals surface area contributed by atoms with E-state index in [0.717, 1.165) is 17.1 Å². The maximum Gasteiger partial charge on any atom is 0.228 e. The molecule has 0 bridgehead atoms. The summed E-state index contributed by atoms with van der Waals surface area (Å²) in [7, 11) is 0. The molecule has 1 aliphatic rings. The molecule has 0 spiro atoms. The van der Waals surface area contributed by atoms with Crippen LogP contribution in [0.4, 0.5) is 5.69 Å². The van der Waals surface area contributed by atoms with Gasteiger partial charge in [-0.25, -0.2) is 0 Å². The molecule has 1 unspecified atom stereocenters. The van der Waals surface area contributed by atoms with Crippen LogP contribution in [0.5, 0.6) is 0 Å². The highest BCUT2D eigenvalue weighted by atomic mass is 16.2. The van der Waals surface area contributed by atoms with Crippen molar-refractivity contribution in [1.29, 1.82) is 0 Å². The quantitative estimate of drug-likeness (QED) is 0.666. The molecule has 1 aliphatic heterocycles. The van der Waals surface area contributed by atoms with Gasteiger partial charge in [-0.3, -0.25) is 9.78 Å². The number of pyridine rings is 1. The van der Waals surface area contributed by atoms with E-state index in [1.807, 2.05) is 26.0 Å². The number of aromatic nitrogens is 1. The molecule has 82 valence electrons. The van der Waals surface area contributed by atoms with E-state index in [-0.39, 0.29) is 11.8 Å². The zero-order valence-corrected chi connectivity index (χ0v) is 9.53. The lowest BCUT2D eigenvalue weighted by molar-refractivity contribution is -0.117. The van der Waals surface area contributed by atoms with Crippen molar-refractivity contribution in [2.75, 3.05) is 11.4 Å². The molecule has 2 heterocycles. The second-order valence-electron chi connectivity index (χ2n) is 4.13. The molecule has 0 N–H and O–H groups in total. The summed E-state index contributed by atoms with van der Waals surface area (Å²) in [5.41, 5.74) is 2.72. The molecule has 2 rings (SSSR count). The molecule has 1 saturated heterocycles. The SMILES string of the molecule is C#CC1CC(=O)N(c2ccc(C)nc2C)C1. The van der Waals surface area contributed by atoms with E-state index in [1.165, 1.54) is 0 Å². The highest BCUT2D eigenvalue weighted by Crippen LogP contribution is 2.26. The Morgan fingerprint density at radius 3 is 2.81 bits per heavy atom. The number of nitrogens with zero attached hydrogens (tertiary/aromatic N) is 2. The third-order valence-electron chi connectivity index (χ3n) is 2.85. The summed E-state index contributed by atoms with van der Waals surface area (Å²) in [6, 6.07) is 3.85. The number of hydrogen-bond acceptors (Lipinski definition) is 2. The molecule has 16 heavy (non-hydrogen) atoms. The average molecular weight is 214 g/mol. The number of anilines is 1. The van der Waals surface area contributed by atoms with Crippen molar-refractivity contribution in [1.82, 2.24) is 4.98 Å². The third-order valence-corrected chi connectivity index (χ3v) is 2.85. The lowest BCUT2D eigenvalue weighted by atomic mass is 10.1. The summed E-state index contributed by atoms with van der Waals surface area (Å²) in [4.78, 5) is 17.9. The first kappa shape index (κ1) is 10.7. The number of carbonyl (C=O) groups is 1. The van der Waals surface area contributed by atoms with E-state index >= 15 is 0 Å². The Morgan fingerprint density at radius 2 is 2.25 bits per heavy atom. The molecule has 1 fully saturated rings. The smallest absolute Gasteiger partial charge is 0.228 e. The van der Waals surface area contributed by atoms with Gasteiger partial charge in [0.15, 0.2) is 0 Å². The first-order valence-corrected chi connectivity index (χ1v) is 5.32. The minimum absolute atomic E-state index is 0.0354. The van der Waals surface area contributed by atoms with Crippen LogP contribution in [-0.4, -0.2) is 17.4 Å². The molecule has 0 radical (unpaired) electrons. The van der Waals surface area contributed by atoms with E-state index < -0.39 is 0 Å². The Bertz CT molecular complexity index is 473. The predicted octanol–water partition coefficient (Wildman–Crippen LogP) is 1.68. The van der Waals surface area contributed by atoms with Gasteiger partial charge in [-0.2, -0.15) is 0 Å². The molecule has 0 aromatic carbocycles. The van der Waals surface area contributed by atoms with Gasteiger partial charge in [0, 0.05) is 24.6 Å². The Labute approximate surface area is 95.5 Å². The highest BCUT2D eigenvalue weighted by molar-refractivity contribution is 5.96. The van der Waals surface area contributed by atoms with Crippen LogP contribution in [0, 0.1) is 32.1 Å². The van der Waals surface area contributed by atoms with Crippen LogP contribution < -0.4 is 4.90 Å². The van der Waals surface area contributed by atoms with E-state index in [2.05, 4.69) is 10.9 Å². The molecule has 1 aromatic heterocycles. The maximum absolute atomic E-state index is 11.8. The summed E-state index contributed by atoms with van der Waals surface area (Å²) < 4.78 is 0. The van der Waals surface area contributed by atoms with Gasteiger partial charge in [-0.05, 0) is 26.0 Å². The molecule has 0 aliphatic carbocycles. The standard InChI is InChI=1S/C13H14N2O/c1-4-11-7-13(16)15(8-11)12-6-5-9(2)14-10(12)3/h1,5-6,11H,7-8H2,2-3H3. The Kier molecular flexibility index (Phi) is 2.66. The van der Waals surface area contributed by atoms with Gasteiger partial charge in [0.1, 0.15) is 0 Å². The van der Waals surface area contributed by atoms with Crippen molar-refractivity contribution < 1.29 is 4.79 Å². The summed E-state index contributed by atoms with van der Waals surface area (Å²) in [6.07, 6.45) is 5.80. The van der Waals surface area contributed by atoms with Crippen molar-refractivity contribution in [3.63, 3.8) is 0 Å². The van der Waals surface area contributed by atoms with Crippen LogP contribution in [0.15, 0.2) is 12.1 Å². The second kappa shape index (κ2) is 3.97. The van der Waals surface area contributed by atoms with E-state index in [4.69, 9.17) is 6.42 Å². The summed E-state index contributed by atoms with van der Waals surface area (Å²) in [6.45, 7) is 4.46. The Hall–Kier alpha value is -1.82. The number of carbonyl (C=O) groups excluding carboxylic acids is 1. The average Bonchev–Trinajstić information content (AvgIpc) is 2.60. The van der Waals surface area contributed by atoms with E-state index in [9.17, 15) is 4.79 Å². The number of hydrogen-bond donors (Lipinski definition) is 0. The molecule has 1 atom stereocenters. The van der Waals surface area contributed by atoms with Gasteiger partial charge in [0.25, 0.3) is 0 Å². The molecule has 1 amide bonds. The minimum atomic E-state index is 0.0354. The van der Waals surface area contributed by atoms with Crippen LogP contribution in [0.2, 0.25) is 0 Å². The van der Waals surface area contributed by atoms with Gasteiger partial charge in [0.05, 0.1) is 11.4 Å². The first-order chi connectivity index (χ1) is 7.61. The Morgan fingerprint density at radius 1 is 1.50 bits per heavy atom. The topological polar surface area (TPSA) is 33.2 Å². The van der Waals surface area contributed by atoms with Crippen molar-refractivity contribution in [2.24, 2.45) is 5.92 Å². The fourth-order valence-corrected chi connectivity index (χ4v) is 2.02. The van der Waals surface area contributed by atoms with Crippen LogP contribution in [0.3, 0.4) is 0 Å². The highest BCUT2D eigenvalue weighted by Gasteiger charge is 2.30. The van der Waals surface area contributed by atoms with Gasteiger partial charge in [-0.1, -0.05) is 0 Å². The molecule has 3 heteroatoms. The largest absolute Gasteiger partial charge is 0.309 e. The van der Waals surface area contributed by atoms with Gasteiger partial charge in [-0.15, -0.1) is 12.3 Å². The van der Waals surface area contributed by atoms with Gasteiger partial charge < -0.3 is 4.90 Å². The molecular weight excluding hydrogens is 200 g/mol. The normalized spacial score (nSPS) is 19.9. The van der Waals surface area contributed by atoms with Crippen molar-refractivity contribution in [3.05, 3.63) is 23.5 Å². The lowest BCUT2D eigenvalue weighted by Crippen LogP contribution is -2.25. The van der Waals surface area contributed by atoms with Crippen LogP contribution in [0.1, 0.15) is 17.8 Å². The fraction of sp³-hybridized carbons (Fsp3) is 0.385. The Balaban J connectivity index is 2.32. The zero-order chi connectivity index (χ0) is 11.7. The van der Waals surface area contributed by atoms with Gasteiger partial charge in [0.2, 0.25) is 5.91 Å². The third kappa shape index (κ3) is 1.79. The number of terminal acetylenes is 1. The summed E-state index contributed by atoms with van der Waals surface area (Å²) >= 11 is 0. The van der Waals surface area contributed by atoms with Crippen molar-refractivity contribution in [2.45, 2.75) is 20.3 Å². The van der Waals surface area contributed by atoms with Crippen molar-refractivity contribution in [3.8, 4) is 12.3 Å². The number of aryl methyl sites for hydroxylation is 2. The van der Waals surface area contributed by atoms with Crippen LogP contribution in [0.25, 0.3) is 0 Å². The zero-order valence-electron chi connectivity index (χ0n) is 9.53. The second-order valence-corrected chi connectivity index (χ2v) is 4.13. The molecular formula is C13H14N2O. The first-order valence-electron chi connectivity index (χ1n) is 5.32. The van der Waals surface area contributed by atoms with E-state index in [1.54, 1.807) is 4.90 Å². The molecule has 1 aromatic rings. The fourth-order valence-electron chi connectivity index (χ4n) is 2.02. The summed E-state index contributed by atoms with van der Waals surface area (Å²) in [5.74, 6) is 2.77. The van der Waals surface area contributed by atoms with Crippen molar-refractivity contribution >= 4 is 11.6 Å². The van der Waals surface area contributed by atoms with E-state index in [0.29, 0.717) is 13.0 Å². The monoisotopic (exact) mass is 214 g/mol. The van der Waals surface area contributed by atoms with Gasteiger partial charge >= 0.3 is 0 Å².